The number of hydrogen-bond donors (Lipinski definition) is 1. The summed E-state index contributed by atoms with van der Waals surface area (Å²) in [5.74, 6) is 1.29. The van der Waals surface area contributed by atoms with Crippen LogP contribution in [0.5, 0.6) is 5.75 Å². The predicted octanol–water partition coefficient (Wildman–Crippen LogP) is 4.03. The zero-order chi connectivity index (χ0) is 18.3. The number of carbonyl (C=O) groups excluding carboxylic acids is 1. The van der Waals surface area contributed by atoms with E-state index in [-0.39, 0.29) is 17.6 Å². The normalized spacial score (nSPS) is 21.3. The predicted molar refractivity (Wildman–Crippen MR) is 97.8 cm³/mol. The number of ketones is 1. The van der Waals surface area contributed by atoms with Crippen LogP contribution >= 0.6 is 0 Å². The number of Topliss-reactive ketones (excluding diaryl/α,β-unsaturated/α-hetero) is 1. The molecule has 2 unspecified atom stereocenters. The van der Waals surface area contributed by atoms with Gasteiger partial charge in [-0.05, 0) is 36.5 Å². The van der Waals surface area contributed by atoms with E-state index >= 15 is 0 Å². The molecule has 0 saturated carbocycles. The summed E-state index contributed by atoms with van der Waals surface area (Å²) >= 11 is 0. The van der Waals surface area contributed by atoms with Crippen molar-refractivity contribution >= 4 is 11.9 Å². The van der Waals surface area contributed by atoms with Crippen LogP contribution in [0.3, 0.4) is 0 Å². The number of likely N-dealkylation sites (tertiary alicyclic amines) is 1. The van der Waals surface area contributed by atoms with Crippen molar-refractivity contribution in [2.45, 2.75) is 19.3 Å². The van der Waals surface area contributed by atoms with Gasteiger partial charge in [-0.2, -0.15) is 0 Å². The maximum Gasteiger partial charge on any atom is 0.407 e. The molecular formula is C21H21NO4. The Kier molecular flexibility index (Phi) is 4.15. The third kappa shape index (κ3) is 2.83. The van der Waals surface area contributed by atoms with Crippen molar-refractivity contribution in [2.24, 2.45) is 5.92 Å². The summed E-state index contributed by atoms with van der Waals surface area (Å²) < 4.78 is 6.12. The Bertz CT molecular complexity index is 876. The van der Waals surface area contributed by atoms with Gasteiger partial charge in [0.1, 0.15) is 5.75 Å². The number of ether oxygens (including phenoxy) is 1. The second-order valence-corrected chi connectivity index (χ2v) is 7.05. The molecule has 26 heavy (non-hydrogen) atoms. The molecule has 134 valence electrons. The van der Waals surface area contributed by atoms with Crippen molar-refractivity contribution in [1.82, 2.24) is 4.90 Å². The van der Waals surface area contributed by atoms with Crippen molar-refractivity contribution in [3.8, 4) is 16.9 Å². The fourth-order valence-corrected chi connectivity index (χ4v) is 4.13. The molecule has 1 amide bonds. The van der Waals surface area contributed by atoms with E-state index in [1.54, 1.807) is 6.92 Å². The lowest BCUT2D eigenvalue weighted by molar-refractivity contribution is 0.101. The first-order chi connectivity index (χ1) is 12.5. The third-order valence-corrected chi connectivity index (χ3v) is 5.47. The standard InChI is InChI=1S/C21H21NO4/c1-13(23)14-4-2-5-15(10-14)17-6-3-7-18-19-12-22(21(24)25)11-16(19)8-9-26-20(17)18/h2-7,10,16,19H,8-9,11-12H2,1H3,(H,24,25). The molecule has 2 aliphatic heterocycles. The van der Waals surface area contributed by atoms with Crippen molar-refractivity contribution in [1.29, 1.82) is 0 Å². The van der Waals surface area contributed by atoms with Gasteiger partial charge in [0.25, 0.3) is 0 Å². The fourth-order valence-electron chi connectivity index (χ4n) is 4.13. The quantitative estimate of drug-likeness (QED) is 0.830. The molecule has 0 aliphatic carbocycles. The number of nitrogens with zero attached hydrogens (tertiary/aromatic N) is 1. The molecule has 2 aliphatic rings. The van der Waals surface area contributed by atoms with Crippen LogP contribution in [0.15, 0.2) is 42.5 Å². The number of amides is 1. The molecule has 5 nitrogen and oxygen atoms in total. The van der Waals surface area contributed by atoms with Crippen LogP contribution in [0, 0.1) is 5.92 Å². The van der Waals surface area contributed by atoms with E-state index in [2.05, 4.69) is 0 Å². The van der Waals surface area contributed by atoms with Gasteiger partial charge in [0, 0.05) is 30.1 Å². The molecule has 0 aromatic heterocycles. The molecule has 4 rings (SSSR count). The molecule has 5 heteroatoms. The monoisotopic (exact) mass is 351 g/mol. The van der Waals surface area contributed by atoms with Gasteiger partial charge >= 0.3 is 6.09 Å². The topological polar surface area (TPSA) is 66.8 Å². The Morgan fingerprint density at radius 3 is 2.73 bits per heavy atom. The first-order valence-electron chi connectivity index (χ1n) is 8.89. The average molecular weight is 351 g/mol. The van der Waals surface area contributed by atoms with Gasteiger partial charge in [0.15, 0.2) is 5.78 Å². The van der Waals surface area contributed by atoms with E-state index in [1.807, 2.05) is 42.5 Å². The number of benzene rings is 2. The van der Waals surface area contributed by atoms with Crippen LogP contribution in [0.25, 0.3) is 11.1 Å². The third-order valence-electron chi connectivity index (χ3n) is 5.47. The van der Waals surface area contributed by atoms with Crippen molar-refractivity contribution < 1.29 is 19.4 Å². The number of carbonyl (C=O) groups is 2. The average Bonchev–Trinajstić information content (AvgIpc) is 2.98. The number of hydrogen-bond acceptors (Lipinski definition) is 3. The van der Waals surface area contributed by atoms with Gasteiger partial charge in [0.05, 0.1) is 6.61 Å². The second kappa shape index (κ2) is 6.48. The molecule has 2 aromatic rings. The van der Waals surface area contributed by atoms with E-state index < -0.39 is 6.09 Å². The van der Waals surface area contributed by atoms with Gasteiger partial charge < -0.3 is 14.7 Å². The Morgan fingerprint density at radius 1 is 1.15 bits per heavy atom. The summed E-state index contributed by atoms with van der Waals surface area (Å²) in [6, 6.07) is 13.6. The fraction of sp³-hybridized carbons (Fsp3) is 0.333. The van der Waals surface area contributed by atoms with Gasteiger partial charge in [-0.15, -0.1) is 0 Å². The van der Waals surface area contributed by atoms with Crippen molar-refractivity contribution in [3.63, 3.8) is 0 Å². The highest BCUT2D eigenvalue weighted by molar-refractivity contribution is 5.95. The number of para-hydroxylation sites is 1. The van der Waals surface area contributed by atoms with Crippen LogP contribution in [0.1, 0.15) is 35.2 Å². The molecule has 2 heterocycles. The molecule has 0 bridgehead atoms. The molecular weight excluding hydrogens is 330 g/mol. The summed E-state index contributed by atoms with van der Waals surface area (Å²) in [5.41, 5.74) is 3.65. The lowest BCUT2D eigenvalue weighted by atomic mass is 9.85. The van der Waals surface area contributed by atoms with Crippen molar-refractivity contribution in [2.75, 3.05) is 19.7 Å². The number of fused-ring (bicyclic) bond motifs is 3. The molecule has 2 atom stereocenters. The van der Waals surface area contributed by atoms with E-state index in [0.29, 0.717) is 25.3 Å². The largest absolute Gasteiger partial charge is 0.493 e. The Labute approximate surface area is 152 Å². The SMILES string of the molecule is CC(=O)c1cccc(-c2cccc3c2OCCC2CN(C(=O)O)CC32)c1. The minimum atomic E-state index is -0.856. The van der Waals surface area contributed by atoms with E-state index in [4.69, 9.17) is 4.74 Å². The summed E-state index contributed by atoms with van der Waals surface area (Å²) in [7, 11) is 0. The Hall–Kier alpha value is -2.82. The van der Waals surface area contributed by atoms with Crippen LogP contribution in [-0.4, -0.2) is 41.6 Å². The highest BCUT2D eigenvalue weighted by atomic mass is 16.5. The molecule has 1 saturated heterocycles. The van der Waals surface area contributed by atoms with Crippen LogP contribution in [0.4, 0.5) is 4.79 Å². The smallest absolute Gasteiger partial charge is 0.407 e. The minimum Gasteiger partial charge on any atom is -0.493 e. The van der Waals surface area contributed by atoms with E-state index in [9.17, 15) is 14.7 Å². The van der Waals surface area contributed by atoms with E-state index in [1.165, 1.54) is 4.90 Å². The molecule has 0 spiro atoms. The zero-order valence-corrected chi connectivity index (χ0v) is 14.6. The van der Waals surface area contributed by atoms with Gasteiger partial charge in [-0.1, -0.05) is 36.4 Å². The Morgan fingerprint density at radius 2 is 1.96 bits per heavy atom. The van der Waals surface area contributed by atoms with E-state index in [0.717, 1.165) is 28.9 Å². The number of carboxylic acid groups (broad SMARTS) is 1. The lowest BCUT2D eigenvalue weighted by Crippen LogP contribution is -2.27. The molecule has 1 N–H and O–H groups in total. The lowest BCUT2D eigenvalue weighted by Gasteiger charge is -2.18. The highest BCUT2D eigenvalue weighted by Gasteiger charge is 2.39. The summed E-state index contributed by atoms with van der Waals surface area (Å²) in [4.78, 5) is 24.6. The molecule has 0 radical (unpaired) electrons. The minimum absolute atomic E-state index is 0.0303. The first-order valence-corrected chi connectivity index (χ1v) is 8.89. The summed E-state index contributed by atoms with van der Waals surface area (Å²) in [6.45, 7) is 3.20. The van der Waals surface area contributed by atoms with Gasteiger partial charge in [0.2, 0.25) is 0 Å². The van der Waals surface area contributed by atoms with Crippen molar-refractivity contribution in [3.05, 3.63) is 53.6 Å². The maximum atomic E-state index is 11.7. The summed E-state index contributed by atoms with van der Waals surface area (Å²) in [6.07, 6.45) is -0.0124. The second-order valence-electron chi connectivity index (χ2n) is 7.05. The van der Waals surface area contributed by atoms with Crippen LogP contribution < -0.4 is 4.74 Å². The Balaban J connectivity index is 1.78. The first kappa shape index (κ1) is 16.6. The van der Waals surface area contributed by atoms with Gasteiger partial charge in [-0.25, -0.2) is 4.79 Å². The van der Waals surface area contributed by atoms with Crippen LogP contribution in [0.2, 0.25) is 0 Å². The summed E-state index contributed by atoms with van der Waals surface area (Å²) in [5, 5.41) is 9.36. The molecule has 1 fully saturated rings. The molecule has 2 aromatic carbocycles. The van der Waals surface area contributed by atoms with Crippen LogP contribution in [-0.2, 0) is 0 Å². The maximum absolute atomic E-state index is 11.7. The highest BCUT2D eigenvalue weighted by Crippen LogP contribution is 2.45. The van der Waals surface area contributed by atoms with Gasteiger partial charge in [-0.3, -0.25) is 4.79 Å². The number of rotatable bonds is 2. The zero-order valence-electron chi connectivity index (χ0n) is 14.6.